The summed E-state index contributed by atoms with van der Waals surface area (Å²) in [6.07, 6.45) is 5.17. The molecule has 0 radical (unpaired) electrons. The van der Waals surface area contributed by atoms with Gasteiger partial charge in [0.05, 0.1) is 5.69 Å². The smallest absolute Gasteiger partial charge is 0.226 e. The van der Waals surface area contributed by atoms with Crippen LogP contribution in [-0.4, -0.2) is 30.0 Å². The van der Waals surface area contributed by atoms with E-state index in [1.807, 2.05) is 24.3 Å². The Morgan fingerprint density at radius 2 is 2.22 bits per heavy atom. The monoisotopic (exact) mass is 313 g/mol. The summed E-state index contributed by atoms with van der Waals surface area (Å²) in [6.45, 7) is 3.67. The zero-order valence-electron chi connectivity index (χ0n) is 13.5. The van der Waals surface area contributed by atoms with Crippen molar-refractivity contribution in [1.29, 1.82) is 0 Å². The molecule has 0 saturated carbocycles. The molecule has 2 N–H and O–H groups in total. The molecule has 3 rings (SSSR count). The second-order valence-corrected chi connectivity index (χ2v) is 6.11. The largest absolute Gasteiger partial charge is 0.444 e. The van der Waals surface area contributed by atoms with E-state index in [4.69, 9.17) is 4.42 Å². The molecule has 1 aromatic carbocycles. The maximum atomic E-state index is 11.9. The number of oxazole rings is 1. The van der Waals surface area contributed by atoms with Gasteiger partial charge in [0.15, 0.2) is 0 Å². The van der Waals surface area contributed by atoms with Crippen molar-refractivity contribution < 1.29 is 9.21 Å². The molecule has 1 amide bonds. The number of aromatic nitrogens is 1. The van der Waals surface area contributed by atoms with Crippen LogP contribution in [0.1, 0.15) is 30.5 Å². The third-order valence-corrected chi connectivity index (χ3v) is 4.15. The van der Waals surface area contributed by atoms with Crippen molar-refractivity contribution in [3.05, 3.63) is 41.8 Å². The van der Waals surface area contributed by atoms with Gasteiger partial charge in [0.25, 0.3) is 0 Å². The number of amides is 1. The van der Waals surface area contributed by atoms with E-state index in [1.54, 1.807) is 6.26 Å². The van der Waals surface area contributed by atoms with Crippen LogP contribution in [0.15, 0.2) is 34.9 Å². The van der Waals surface area contributed by atoms with Crippen LogP contribution in [0.4, 0.5) is 0 Å². The maximum Gasteiger partial charge on any atom is 0.226 e. The summed E-state index contributed by atoms with van der Waals surface area (Å²) in [7, 11) is 0. The average molecular weight is 313 g/mol. The number of aryl methyl sites for hydroxylation is 1. The predicted octanol–water partition coefficient (Wildman–Crippen LogP) is 2.45. The molecule has 1 aromatic heterocycles. The molecule has 0 bridgehead atoms. The highest BCUT2D eigenvalue weighted by molar-refractivity contribution is 5.76. The highest BCUT2D eigenvalue weighted by Gasteiger charge is 2.17. The Labute approximate surface area is 136 Å². The second-order valence-electron chi connectivity index (χ2n) is 6.11. The van der Waals surface area contributed by atoms with Crippen LogP contribution < -0.4 is 10.6 Å². The molecule has 5 nitrogen and oxygen atoms in total. The van der Waals surface area contributed by atoms with Crippen molar-refractivity contribution in [2.45, 2.75) is 38.6 Å². The number of hydrogen-bond donors (Lipinski definition) is 2. The average Bonchev–Trinajstić information content (AvgIpc) is 3.20. The molecular weight excluding hydrogens is 290 g/mol. The van der Waals surface area contributed by atoms with E-state index in [2.05, 4.69) is 22.5 Å². The number of hydrogen-bond acceptors (Lipinski definition) is 4. The zero-order valence-corrected chi connectivity index (χ0v) is 13.5. The lowest BCUT2D eigenvalue weighted by Gasteiger charge is -2.09. The van der Waals surface area contributed by atoms with Gasteiger partial charge in [-0.2, -0.15) is 0 Å². The normalized spacial score (nSPS) is 17.3. The van der Waals surface area contributed by atoms with E-state index >= 15 is 0 Å². The summed E-state index contributed by atoms with van der Waals surface area (Å²) in [5.74, 6) is 0.730. The predicted molar refractivity (Wildman–Crippen MR) is 89.0 cm³/mol. The van der Waals surface area contributed by atoms with Crippen LogP contribution in [0.25, 0.3) is 11.5 Å². The van der Waals surface area contributed by atoms with Gasteiger partial charge in [-0.15, -0.1) is 0 Å². The molecular formula is C18H23N3O2. The SMILES string of the molecule is Cc1ccc(-c2nc(CCNC(=O)CC3CCCN3)co2)cc1. The van der Waals surface area contributed by atoms with Crippen LogP contribution >= 0.6 is 0 Å². The van der Waals surface area contributed by atoms with Crippen molar-refractivity contribution in [2.75, 3.05) is 13.1 Å². The van der Waals surface area contributed by atoms with Crippen molar-refractivity contribution in [3.63, 3.8) is 0 Å². The number of nitrogens with one attached hydrogen (secondary N) is 2. The van der Waals surface area contributed by atoms with E-state index in [-0.39, 0.29) is 5.91 Å². The summed E-state index contributed by atoms with van der Waals surface area (Å²) >= 11 is 0. The number of benzene rings is 1. The molecule has 1 aliphatic rings. The van der Waals surface area contributed by atoms with Crippen LogP contribution in [0, 0.1) is 6.92 Å². The lowest BCUT2D eigenvalue weighted by Crippen LogP contribution is -2.32. The quantitative estimate of drug-likeness (QED) is 0.859. The number of carbonyl (C=O) groups excluding carboxylic acids is 1. The highest BCUT2D eigenvalue weighted by atomic mass is 16.3. The third kappa shape index (κ3) is 4.42. The van der Waals surface area contributed by atoms with Crippen molar-refractivity contribution in [1.82, 2.24) is 15.6 Å². The minimum atomic E-state index is 0.103. The summed E-state index contributed by atoms with van der Waals surface area (Å²) in [5, 5.41) is 6.29. The van der Waals surface area contributed by atoms with Gasteiger partial charge in [0, 0.05) is 31.0 Å². The van der Waals surface area contributed by atoms with Gasteiger partial charge in [-0.05, 0) is 38.4 Å². The van der Waals surface area contributed by atoms with E-state index in [0.29, 0.717) is 31.3 Å². The summed E-state index contributed by atoms with van der Waals surface area (Å²) in [5.41, 5.74) is 3.04. The molecule has 5 heteroatoms. The Hall–Kier alpha value is -2.14. The Morgan fingerprint density at radius 3 is 2.96 bits per heavy atom. The molecule has 1 atom stereocenters. The molecule has 1 unspecified atom stereocenters. The lowest BCUT2D eigenvalue weighted by molar-refractivity contribution is -0.121. The van der Waals surface area contributed by atoms with E-state index in [9.17, 15) is 4.79 Å². The van der Waals surface area contributed by atoms with Gasteiger partial charge in [-0.25, -0.2) is 4.98 Å². The van der Waals surface area contributed by atoms with Gasteiger partial charge in [0.1, 0.15) is 6.26 Å². The Kier molecular flexibility index (Phi) is 5.08. The Bertz CT molecular complexity index is 643. The van der Waals surface area contributed by atoms with Crippen LogP contribution in [-0.2, 0) is 11.2 Å². The summed E-state index contributed by atoms with van der Waals surface area (Å²) in [4.78, 5) is 16.3. The number of nitrogens with zero attached hydrogens (tertiary/aromatic N) is 1. The molecule has 1 aliphatic heterocycles. The first-order valence-corrected chi connectivity index (χ1v) is 8.22. The van der Waals surface area contributed by atoms with Crippen LogP contribution in [0.2, 0.25) is 0 Å². The number of carbonyl (C=O) groups is 1. The second kappa shape index (κ2) is 7.42. The topological polar surface area (TPSA) is 67.2 Å². The minimum absolute atomic E-state index is 0.103. The minimum Gasteiger partial charge on any atom is -0.444 e. The van der Waals surface area contributed by atoms with E-state index < -0.39 is 0 Å². The first kappa shape index (κ1) is 15.7. The standard InChI is InChI=1S/C18H23N3O2/c1-13-4-6-14(7-5-13)18-21-16(12-23-18)8-10-20-17(22)11-15-3-2-9-19-15/h4-7,12,15,19H,2-3,8-11H2,1H3,(H,20,22). The first-order valence-electron chi connectivity index (χ1n) is 8.22. The molecule has 0 spiro atoms. The maximum absolute atomic E-state index is 11.9. The highest BCUT2D eigenvalue weighted by Crippen LogP contribution is 2.19. The molecule has 1 saturated heterocycles. The van der Waals surface area contributed by atoms with E-state index in [1.165, 1.54) is 12.0 Å². The fraction of sp³-hybridized carbons (Fsp3) is 0.444. The van der Waals surface area contributed by atoms with E-state index in [0.717, 1.165) is 24.2 Å². The van der Waals surface area contributed by atoms with Crippen LogP contribution in [0.3, 0.4) is 0 Å². The fourth-order valence-corrected chi connectivity index (χ4v) is 2.81. The first-order chi connectivity index (χ1) is 11.2. The Morgan fingerprint density at radius 1 is 1.39 bits per heavy atom. The van der Waals surface area contributed by atoms with Gasteiger partial charge in [0.2, 0.25) is 11.8 Å². The van der Waals surface area contributed by atoms with Gasteiger partial charge in [-0.1, -0.05) is 17.7 Å². The van der Waals surface area contributed by atoms with Crippen molar-refractivity contribution in [3.8, 4) is 11.5 Å². The third-order valence-electron chi connectivity index (χ3n) is 4.15. The summed E-state index contributed by atoms with van der Waals surface area (Å²) < 4.78 is 5.52. The van der Waals surface area contributed by atoms with Gasteiger partial charge in [-0.3, -0.25) is 4.79 Å². The molecule has 2 aromatic rings. The molecule has 1 fully saturated rings. The molecule has 0 aliphatic carbocycles. The van der Waals surface area contributed by atoms with Crippen LogP contribution in [0.5, 0.6) is 0 Å². The van der Waals surface area contributed by atoms with Gasteiger partial charge < -0.3 is 15.1 Å². The molecule has 2 heterocycles. The zero-order chi connectivity index (χ0) is 16.1. The van der Waals surface area contributed by atoms with Crippen molar-refractivity contribution in [2.24, 2.45) is 0 Å². The summed E-state index contributed by atoms with van der Waals surface area (Å²) in [6, 6.07) is 8.42. The molecule has 122 valence electrons. The molecule has 23 heavy (non-hydrogen) atoms. The Balaban J connectivity index is 1.45. The lowest BCUT2D eigenvalue weighted by atomic mass is 10.1. The number of rotatable bonds is 6. The fourth-order valence-electron chi connectivity index (χ4n) is 2.81. The van der Waals surface area contributed by atoms with Gasteiger partial charge >= 0.3 is 0 Å². The van der Waals surface area contributed by atoms with Crippen molar-refractivity contribution >= 4 is 5.91 Å².